The zero-order valence-electron chi connectivity index (χ0n) is 19.6. The zero-order valence-corrected chi connectivity index (χ0v) is 19.6. The maximum atomic E-state index is 12.8. The number of carbonyl (C=O) groups excluding carboxylic acids is 1. The summed E-state index contributed by atoms with van der Waals surface area (Å²) >= 11 is 0. The fourth-order valence-corrected chi connectivity index (χ4v) is 4.46. The van der Waals surface area contributed by atoms with Gasteiger partial charge in [-0.05, 0) is 39.7 Å². The second-order valence-electron chi connectivity index (χ2n) is 8.89. The first-order chi connectivity index (χ1) is 14.0. The fourth-order valence-electron chi connectivity index (χ4n) is 4.46. The minimum atomic E-state index is -0.965. The predicted molar refractivity (Wildman–Crippen MR) is 121 cm³/mol. The van der Waals surface area contributed by atoms with Crippen molar-refractivity contribution in [1.82, 2.24) is 9.80 Å². The highest BCUT2D eigenvalue weighted by atomic mass is 16.5. The highest BCUT2D eigenvalue weighted by Crippen LogP contribution is 2.34. The summed E-state index contributed by atoms with van der Waals surface area (Å²) in [7, 11) is 0. The van der Waals surface area contributed by atoms with Gasteiger partial charge in [0.1, 0.15) is 0 Å². The van der Waals surface area contributed by atoms with Crippen LogP contribution in [-0.4, -0.2) is 69.7 Å². The number of rotatable bonds is 11. The lowest BCUT2D eigenvalue weighted by Crippen LogP contribution is -2.64. The topological polar surface area (TPSA) is 70.1 Å². The van der Waals surface area contributed by atoms with E-state index in [1.54, 1.807) is 13.0 Å². The quantitative estimate of drug-likeness (QED) is 0.511. The molecule has 170 valence electrons. The smallest absolute Gasteiger partial charge is 0.331 e. The molecule has 1 amide bonds. The SMILES string of the molecule is C=CCN(CC=C)[C@H]1[C@H](OC(CC)CC)C=C(C(=O)O)C[C@@H]1N(C(C)=O)C(C)(C)C. The van der Waals surface area contributed by atoms with E-state index in [0.29, 0.717) is 18.7 Å². The average Bonchev–Trinajstić information content (AvgIpc) is 2.64. The highest BCUT2D eigenvalue weighted by molar-refractivity contribution is 5.87. The Morgan fingerprint density at radius 1 is 1.23 bits per heavy atom. The molecule has 0 aromatic carbocycles. The summed E-state index contributed by atoms with van der Waals surface area (Å²) in [5.41, 5.74) is -0.178. The number of hydrogen-bond acceptors (Lipinski definition) is 4. The van der Waals surface area contributed by atoms with Crippen molar-refractivity contribution < 1.29 is 19.4 Å². The lowest BCUT2D eigenvalue weighted by Gasteiger charge is -2.51. The molecule has 0 aromatic rings. The molecule has 0 saturated carbocycles. The second-order valence-corrected chi connectivity index (χ2v) is 8.89. The van der Waals surface area contributed by atoms with E-state index in [2.05, 4.69) is 31.9 Å². The molecule has 6 heteroatoms. The number of carboxylic acid groups (broad SMARTS) is 1. The van der Waals surface area contributed by atoms with Crippen molar-refractivity contribution in [2.24, 2.45) is 0 Å². The van der Waals surface area contributed by atoms with E-state index in [1.165, 1.54) is 0 Å². The van der Waals surface area contributed by atoms with Gasteiger partial charge in [-0.2, -0.15) is 0 Å². The number of carbonyl (C=O) groups is 2. The number of hydrogen-bond donors (Lipinski definition) is 1. The van der Waals surface area contributed by atoms with Crippen molar-refractivity contribution in [2.75, 3.05) is 13.1 Å². The normalized spacial score (nSPS) is 22.0. The first-order valence-electron chi connectivity index (χ1n) is 10.9. The lowest BCUT2D eigenvalue weighted by molar-refractivity contribution is -0.145. The van der Waals surface area contributed by atoms with Gasteiger partial charge in [0.25, 0.3) is 0 Å². The molecule has 0 spiro atoms. The Bertz CT molecular complexity index is 636. The van der Waals surface area contributed by atoms with Crippen molar-refractivity contribution >= 4 is 11.9 Å². The van der Waals surface area contributed by atoms with Crippen LogP contribution in [0.15, 0.2) is 37.0 Å². The van der Waals surface area contributed by atoms with Crippen molar-refractivity contribution in [3.05, 3.63) is 37.0 Å². The number of aliphatic carboxylic acids is 1. The monoisotopic (exact) mass is 420 g/mol. The fraction of sp³-hybridized carbons (Fsp3) is 0.667. The molecule has 3 atom stereocenters. The summed E-state index contributed by atoms with van der Waals surface area (Å²) in [5.74, 6) is -1.05. The molecule has 0 heterocycles. The van der Waals surface area contributed by atoms with Gasteiger partial charge in [0.05, 0.1) is 24.3 Å². The van der Waals surface area contributed by atoms with Crippen LogP contribution < -0.4 is 0 Å². The Balaban J connectivity index is 3.64. The molecule has 0 radical (unpaired) electrons. The summed E-state index contributed by atoms with van der Waals surface area (Å²) in [5, 5.41) is 9.80. The molecule has 0 unspecified atom stereocenters. The predicted octanol–water partition coefficient (Wildman–Crippen LogP) is 4.03. The molecule has 1 aliphatic carbocycles. The average molecular weight is 421 g/mol. The Morgan fingerprint density at radius 3 is 2.13 bits per heavy atom. The van der Waals surface area contributed by atoms with Crippen LogP contribution in [-0.2, 0) is 14.3 Å². The first-order valence-corrected chi connectivity index (χ1v) is 10.9. The van der Waals surface area contributed by atoms with Gasteiger partial charge in [-0.3, -0.25) is 9.69 Å². The second kappa shape index (κ2) is 11.5. The number of carboxylic acids is 1. The zero-order chi connectivity index (χ0) is 23.1. The molecule has 1 N–H and O–H groups in total. The van der Waals surface area contributed by atoms with E-state index in [4.69, 9.17) is 4.74 Å². The van der Waals surface area contributed by atoms with Crippen LogP contribution in [0.3, 0.4) is 0 Å². The molecule has 1 rings (SSSR count). The van der Waals surface area contributed by atoms with Crippen LogP contribution in [0.5, 0.6) is 0 Å². The molecule has 0 saturated heterocycles. The minimum Gasteiger partial charge on any atom is -0.478 e. The van der Waals surface area contributed by atoms with Crippen molar-refractivity contribution in [3.63, 3.8) is 0 Å². The molecule has 0 aromatic heterocycles. The summed E-state index contributed by atoms with van der Waals surface area (Å²) in [6.07, 6.45) is 6.87. The third-order valence-corrected chi connectivity index (χ3v) is 5.60. The van der Waals surface area contributed by atoms with Gasteiger partial charge in [-0.1, -0.05) is 26.0 Å². The van der Waals surface area contributed by atoms with Crippen molar-refractivity contribution in [3.8, 4) is 0 Å². The first kappa shape index (κ1) is 26.1. The third-order valence-electron chi connectivity index (χ3n) is 5.60. The van der Waals surface area contributed by atoms with Crippen LogP contribution in [0.2, 0.25) is 0 Å². The van der Waals surface area contributed by atoms with Gasteiger partial charge in [-0.15, -0.1) is 13.2 Å². The molecule has 6 nitrogen and oxygen atoms in total. The van der Waals surface area contributed by atoms with Crippen LogP contribution >= 0.6 is 0 Å². The van der Waals surface area contributed by atoms with Crippen molar-refractivity contribution in [1.29, 1.82) is 0 Å². The van der Waals surface area contributed by atoms with Crippen LogP contribution in [0.1, 0.15) is 60.8 Å². The van der Waals surface area contributed by atoms with Crippen LogP contribution in [0.4, 0.5) is 0 Å². The Labute approximate surface area is 182 Å². The summed E-state index contributed by atoms with van der Waals surface area (Å²) in [4.78, 5) is 28.7. The van der Waals surface area contributed by atoms with Gasteiger partial charge < -0.3 is 14.7 Å². The van der Waals surface area contributed by atoms with Crippen molar-refractivity contribution in [2.45, 2.75) is 90.6 Å². The third kappa shape index (κ3) is 6.54. The van der Waals surface area contributed by atoms with E-state index in [0.717, 1.165) is 12.8 Å². The van der Waals surface area contributed by atoms with E-state index in [-0.39, 0.29) is 30.5 Å². The summed E-state index contributed by atoms with van der Waals surface area (Å²) in [6.45, 7) is 20.5. The molecule has 1 aliphatic rings. The molecule has 0 bridgehead atoms. The molecular formula is C24H40N2O4. The molecular weight excluding hydrogens is 380 g/mol. The minimum absolute atomic E-state index is 0.0114. The van der Waals surface area contributed by atoms with Crippen LogP contribution in [0, 0.1) is 0 Å². The maximum absolute atomic E-state index is 12.8. The van der Waals surface area contributed by atoms with Gasteiger partial charge in [0, 0.05) is 37.5 Å². The largest absolute Gasteiger partial charge is 0.478 e. The Morgan fingerprint density at radius 2 is 1.77 bits per heavy atom. The van der Waals surface area contributed by atoms with Gasteiger partial charge in [0.15, 0.2) is 0 Å². The number of nitrogens with zero attached hydrogens (tertiary/aromatic N) is 2. The Kier molecular flexibility index (Phi) is 9.98. The Hall–Kier alpha value is -1.92. The maximum Gasteiger partial charge on any atom is 0.331 e. The highest BCUT2D eigenvalue weighted by Gasteiger charge is 2.45. The number of amides is 1. The van der Waals surface area contributed by atoms with E-state index in [1.807, 2.05) is 37.8 Å². The lowest BCUT2D eigenvalue weighted by atomic mass is 9.83. The summed E-state index contributed by atoms with van der Waals surface area (Å²) in [6, 6.07) is -0.564. The standard InChI is InChI=1S/C24H40N2O4/c1-9-13-25(14-10-2)22-20(26(17(5)27)24(6,7)8)15-18(23(28)29)16-21(22)30-19(11-3)12-4/h9-10,16,19-22H,1-2,11-15H2,3-8H3,(H,28,29)/t20-,21+,22+/m0/s1. The van der Waals surface area contributed by atoms with E-state index >= 15 is 0 Å². The van der Waals surface area contributed by atoms with E-state index in [9.17, 15) is 14.7 Å². The molecule has 0 fully saturated rings. The number of ether oxygens (including phenoxy) is 1. The van der Waals surface area contributed by atoms with Crippen LogP contribution in [0.25, 0.3) is 0 Å². The molecule has 30 heavy (non-hydrogen) atoms. The summed E-state index contributed by atoms with van der Waals surface area (Å²) < 4.78 is 6.44. The van der Waals surface area contributed by atoms with Gasteiger partial charge in [-0.25, -0.2) is 4.79 Å². The van der Waals surface area contributed by atoms with Gasteiger partial charge in [0.2, 0.25) is 5.91 Å². The molecule has 0 aliphatic heterocycles. The van der Waals surface area contributed by atoms with E-state index < -0.39 is 17.6 Å². The van der Waals surface area contributed by atoms with Gasteiger partial charge >= 0.3 is 5.97 Å².